The van der Waals surface area contributed by atoms with Crippen LogP contribution in [0.2, 0.25) is 0 Å². The average Bonchev–Trinajstić information content (AvgIpc) is 3.17. The molecular weight excluding hydrogens is 282 g/mol. The maximum absolute atomic E-state index is 12.7. The number of amides is 1. The lowest BCUT2D eigenvalue weighted by molar-refractivity contribution is 0.0702. The maximum Gasteiger partial charge on any atom is 0.261 e. The molecular formula is C15H19N5O2. The summed E-state index contributed by atoms with van der Waals surface area (Å²) in [5, 5.41) is 8.81. The van der Waals surface area contributed by atoms with Gasteiger partial charge in [0.25, 0.3) is 5.91 Å². The smallest absolute Gasteiger partial charge is 0.261 e. The van der Waals surface area contributed by atoms with Crippen LogP contribution >= 0.6 is 0 Å². The summed E-state index contributed by atoms with van der Waals surface area (Å²) in [6, 6.07) is 2.15. The van der Waals surface area contributed by atoms with Crippen LogP contribution in [-0.4, -0.2) is 44.0 Å². The molecule has 0 atom stereocenters. The molecule has 1 aliphatic carbocycles. The van der Waals surface area contributed by atoms with Crippen LogP contribution in [0.25, 0.3) is 0 Å². The minimum absolute atomic E-state index is 0.0367. The predicted molar refractivity (Wildman–Crippen MR) is 78.7 cm³/mol. The van der Waals surface area contributed by atoms with Crippen LogP contribution in [-0.2, 0) is 20.1 Å². The lowest BCUT2D eigenvalue weighted by Gasteiger charge is -2.27. The fourth-order valence-corrected chi connectivity index (χ4v) is 2.98. The first kappa shape index (κ1) is 13.4. The molecule has 22 heavy (non-hydrogen) atoms. The summed E-state index contributed by atoms with van der Waals surface area (Å²) in [4.78, 5) is 14.6. The Hall–Kier alpha value is -2.31. The van der Waals surface area contributed by atoms with E-state index in [4.69, 9.17) is 4.74 Å². The van der Waals surface area contributed by atoms with Gasteiger partial charge in [0.1, 0.15) is 5.56 Å². The quantitative estimate of drug-likeness (QED) is 0.853. The zero-order valence-electron chi connectivity index (χ0n) is 12.8. The molecule has 0 unspecified atom stereocenters. The molecule has 1 saturated carbocycles. The molecule has 4 rings (SSSR count). The molecule has 7 heteroatoms. The topological polar surface area (TPSA) is 65.2 Å². The molecule has 0 spiro atoms. The summed E-state index contributed by atoms with van der Waals surface area (Å²) < 4.78 is 8.84. The van der Waals surface area contributed by atoms with Crippen LogP contribution in [0.3, 0.4) is 0 Å². The molecule has 3 heterocycles. The van der Waals surface area contributed by atoms with Crippen molar-refractivity contribution >= 4 is 5.91 Å². The highest BCUT2D eigenvalue weighted by Crippen LogP contribution is 2.39. The number of carbonyl (C=O) groups is 1. The van der Waals surface area contributed by atoms with Crippen LogP contribution in [0.5, 0.6) is 5.88 Å². The third-order valence-corrected chi connectivity index (χ3v) is 4.32. The first-order chi connectivity index (χ1) is 10.7. The lowest BCUT2D eigenvalue weighted by Crippen LogP contribution is -2.38. The van der Waals surface area contributed by atoms with Gasteiger partial charge in [-0.05, 0) is 18.9 Å². The number of methoxy groups -OCH3 is 1. The van der Waals surface area contributed by atoms with Crippen molar-refractivity contribution in [1.82, 2.24) is 24.5 Å². The van der Waals surface area contributed by atoms with Crippen LogP contribution in [0.4, 0.5) is 0 Å². The maximum atomic E-state index is 12.7. The number of aromatic nitrogens is 4. The Balaban J connectivity index is 1.57. The van der Waals surface area contributed by atoms with Crippen molar-refractivity contribution in [1.29, 1.82) is 0 Å². The van der Waals surface area contributed by atoms with E-state index in [9.17, 15) is 4.79 Å². The number of hydrogen-bond acceptors (Lipinski definition) is 4. The summed E-state index contributed by atoms with van der Waals surface area (Å²) in [5.74, 6) is 0.983. The van der Waals surface area contributed by atoms with E-state index >= 15 is 0 Å². The van der Waals surface area contributed by atoms with Gasteiger partial charge in [-0.25, -0.2) is 0 Å². The number of carbonyl (C=O) groups excluding carboxylic acids is 1. The van der Waals surface area contributed by atoms with Crippen molar-refractivity contribution < 1.29 is 9.53 Å². The highest BCUT2D eigenvalue weighted by molar-refractivity contribution is 5.96. The van der Waals surface area contributed by atoms with Gasteiger partial charge in [0.15, 0.2) is 0 Å². The third kappa shape index (κ3) is 2.17. The monoisotopic (exact) mass is 301 g/mol. The van der Waals surface area contributed by atoms with Gasteiger partial charge in [-0.3, -0.25) is 14.2 Å². The van der Waals surface area contributed by atoms with Crippen LogP contribution in [0, 0.1) is 0 Å². The van der Waals surface area contributed by atoms with Crippen molar-refractivity contribution in [3.63, 3.8) is 0 Å². The highest BCUT2D eigenvalue weighted by atomic mass is 16.5. The zero-order chi connectivity index (χ0) is 15.3. The molecule has 0 bridgehead atoms. The Bertz CT molecular complexity index is 728. The summed E-state index contributed by atoms with van der Waals surface area (Å²) in [5.41, 5.74) is 2.81. The fraction of sp³-hybridized carbons (Fsp3) is 0.533. The van der Waals surface area contributed by atoms with E-state index in [1.807, 2.05) is 9.58 Å². The third-order valence-electron chi connectivity index (χ3n) is 4.32. The molecule has 0 N–H and O–H groups in total. The van der Waals surface area contributed by atoms with Crippen LogP contribution in [0.15, 0.2) is 12.3 Å². The van der Waals surface area contributed by atoms with E-state index in [0.717, 1.165) is 12.2 Å². The number of fused-ring (bicyclic) bond motifs is 1. The lowest BCUT2D eigenvalue weighted by atomic mass is 10.2. The van der Waals surface area contributed by atoms with E-state index < -0.39 is 0 Å². The Morgan fingerprint density at radius 3 is 2.86 bits per heavy atom. The minimum atomic E-state index is -0.0367. The molecule has 2 aliphatic rings. The summed E-state index contributed by atoms with van der Waals surface area (Å²) in [7, 11) is 3.32. The molecule has 0 radical (unpaired) electrons. The second-order valence-corrected chi connectivity index (χ2v) is 6.01. The Kier molecular flexibility index (Phi) is 2.95. The molecule has 2 aromatic rings. The molecule has 7 nitrogen and oxygen atoms in total. The second-order valence-electron chi connectivity index (χ2n) is 6.01. The van der Waals surface area contributed by atoms with Crippen molar-refractivity contribution in [3.05, 3.63) is 29.2 Å². The second kappa shape index (κ2) is 4.86. The number of ether oxygens (including phenoxy) is 1. The SMILES string of the molecule is COc1nn(C)cc1C(=O)N1CCn2nc(C3CC3)cc2C1. The van der Waals surface area contributed by atoms with Gasteiger partial charge in [0.05, 0.1) is 31.6 Å². The summed E-state index contributed by atoms with van der Waals surface area (Å²) in [6.07, 6.45) is 4.20. The standard InChI is InChI=1S/C15H19N5O2/c1-18-9-12(14(17-18)22-2)15(21)19-5-6-20-11(8-19)7-13(16-20)10-3-4-10/h7,9-10H,3-6,8H2,1-2H3. The van der Waals surface area contributed by atoms with Crippen LogP contribution in [0.1, 0.15) is 40.5 Å². The first-order valence-corrected chi connectivity index (χ1v) is 7.59. The van der Waals surface area contributed by atoms with Gasteiger partial charge in [-0.15, -0.1) is 5.10 Å². The molecule has 1 amide bonds. The van der Waals surface area contributed by atoms with Gasteiger partial charge < -0.3 is 9.64 Å². The minimum Gasteiger partial charge on any atom is -0.479 e. The highest BCUT2D eigenvalue weighted by Gasteiger charge is 2.30. The van der Waals surface area contributed by atoms with Gasteiger partial charge in [-0.2, -0.15) is 5.10 Å². The number of aryl methyl sites for hydroxylation is 1. The molecule has 0 saturated heterocycles. The molecule has 0 aromatic carbocycles. The van der Waals surface area contributed by atoms with Gasteiger partial charge in [0.2, 0.25) is 5.88 Å². The first-order valence-electron chi connectivity index (χ1n) is 7.59. The molecule has 116 valence electrons. The van der Waals surface area contributed by atoms with Crippen molar-refractivity contribution in [2.24, 2.45) is 7.05 Å². The van der Waals surface area contributed by atoms with Crippen molar-refractivity contribution in [2.75, 3.05) is 13.7 Å². The van der Waals surface area contributed by atoms with E-state index in [1.54, 1.807) is 17.9 Å². The van der Waals surface area contributed by atoms with E-state index in [1.165, 1.54) is 25.6 Å². The Morgan fingerprint density at radius 2 is 2.14 bits per heavy atom. The van der Waals surface area contributed by atoms with Crippen molar-refractivity contribution in [2.45, 2.75) is 31.8 Å². The zero-order valence-corrected chi connectivity index (χ0v) is 12.8. The van der Waals surface area contributed by atoms with E-state index in [2.05, 4.69) is 16.3 Å². The predicted octanol–water partition coefficient (Wildman–Crippen LogP) is 1.16. The molecule has 1 aliphatic heterocycles. The summed E-state index contributed by atoms with van der Waals surface area (Å²) in [6.45, 7) is 2.00. The normalized spacial score (nSPS) is 17.5. The number of hydrogen-bond donors (Lipinski definition) is 0. The molecule has 2 aromatic heterocycles. The molecule has 1 fully saturated rings. The van der Waals surface area contributed by atoms with E-state index in [0.29, 0.717) is 30.5 Å². The Labute approximate surface area is 128 Å². The average molecular weight is 301 g/mol. The van der Waals surface area contributed by atoms with Crippen molar-refractivity contribution in [3.8, 4) is 5.88 Å². The van der Waals surface area contributed by atoms with Gasteiger partial charge in [0, 0.05) is 25.7 Å². The van der Waals surface area contributed by atoms with Gasteiger partial charge in [-0.1, -0.05) is 0 Å². The summed E-state index contributed by atoms with van der Waals surface area (Å²) >= 11 is 0. The fourth-order valence-electron chi connectivity index (χ4n) is 2.98. The number of nitrogens with zero attached hydrogens (tertiary/aromatic N) is 5. The Morgan fingerprint density at radius 1 is 1.32 bits per heavy atom. The number of rotatable bonds is 3. The van der Waals surface area contributed by atoms with Gasteiger partial charge >= 0.3 is 0 Å². The van der Waals surface area contributed by atoms with Crippen LogP contribution < -0.4 is 4.74 Å². The largest absolute Gasteiger partial charge is 0.479 e. The van der Waals surface area contributed by atoms with E-state index in [-0.39, 0.29) is 5.91 Å².